The number of para-hydroxylation sites is 2. The van der Waals surface area contributed by atoms with Gasteiger partial charge in [-0.15, -0.1) is 0 Å². The first-order valence-corrected chi connectivity index (χ1v) is 5.66. The number of imidazole rings is 1. The van der Waals surface area contributed by atoms with Gasteiger partial charge in [0.15, 0.2) is 0 Å². The summed E-state index contributed by atoms with van der Waals surface area (Å²) in [5.41, 5.74) is 9.09. The summed E-state index contributed by atoms with van der Waals surface area (Å²) in [5.74, 6) is 0.184. The Balaban J connectivity index is 2.30. The molecular weight excluding hydrogens is 229 g/mol. The van der Waals surface area contributed by atoms with Gasteiger partial charge in [0.2, 0.25) is 5.95 Å². The molecule has 0 amide bonds. The Labute approximate surface area is 104 Å². The summed E-state index contributed by atoms with van der Waals surface area (Å²) in [6.45, 7) is 1.73. The fourth-order valence-corrected chi connectivity index (χ4v) is 2.08. The molecule has 0 unspecified atom stereocenters. The molecule has 18 heavy (non-hydrogen) atoms. The van der Waals surface area contributed by atoms with E-state index < -0.39 is 0 Å². The lowest BCUT2D eigenvalue weighted by atomic mass is 10.2. The normalized spacial score (nSPS) is 11.0. The Hall–Kier alpha value is -2.36. The average molecular weight is 241 g/mol. The summed E-state index contributed by atoms with van der Waals surface area (Å²) in [4.78, 5) is 4.29. The van der Waals surface area contributed by atoms with Crippen molar-refractivity contribution in [3.05, 3.63) is 53.8 Å². The van der Waals surface area contributed by atoms with Gasteiger partial charge >= 0.3 is 0 Å². The standard InChI is InChI=1S/C14H12FN3/c1-9-8-10(6-7-11(9)15)18-13-5-3-2-4-12(13)17-14(18)16/h2-8H,1H3,(H2,16,17). The SMILES string of the molecule is Cc1cc(-n2c(N)nc3ccccc32)ccc1F. The van der Waals surface area contributed by atoms with E-state index in [-0.39, 0.29) is 5.82 Å². The van der Waals surface area contributed by atoms with Crippen LogP contribution in [0.5, 0.6) is 0 Å². The summed E-state index contributed by atoms with van der Waals surface area (Å²) in [6, 6.07) is 12.6. The summed E-state index contributed by atoms with van der Waals surface area (Å²) in [7, 11) is 0. The van der Waals surface area contributed by atoms with Crippen LogP contribution in [0.2, 0.25) is 0 Å². The van der Waals surface area contributed by atoms with Crippen LogP contribution in [0.4, 0.5) is 10.3 Å². The van der Waals surface area contributed by atoms with Gasteiger partial charge < -0.3 is 5.73 Å². The van der Waals surface area contributed by atoms with Crippen LogP contribution in [0.1, 0.15) is 5.56 Å². The van der Waals surface area contributed by atoms with E-state index in [9.17, 15) is 4.39 Å². The van der Waals surface area contributed by atoms with Gasteiger partial charge in [0.25, 0.3) is 0 Å². The Morgan fingerprint density at radius 2 is 1.94 bits per heavy atom. The molecular formula is C14H12FN3. The molecule has 3 rings (SSSR count). The molecule has 1 aromatic heterocycles. The first-order chi connectivity index (χ1) is 8.66. The van der Waals surface area contributed by atoms with E-state index in [1.165, 1.54) is 6.07 Å². The van der Waals surface area contributed by atoms with Crippen LogP contribution >= 0.6 is 0 Å². The maximum Gasteiger partial charge on any atom is 0.205 e. The van der Waals surface area contributed by atoms with Crippen LogP contribution in [-0.2, 0) is 0 Å². The number of hydrogen-bond donors (Lipinski definition) is 1. The Morgan fingerprint density at radius 1 is 1.17 bits per heavy atom. The molecule has 0 radical (unpaired) electrons. The van der Waals surface area contributed by atoms with Crippen molar-refractivity contribution in [2.45, 2.75) is 6.92 Å². The molecule has 0 fully saturated rings. The second-order valence-corrected chi connectivity index (χ2v) is 4.23. The number of hydrogen-bond acceptors (Lipinski definition) is 2. The van der Waals surface area contributed by atoms with E-state index in [1.807, 2.05) is 28.8 Å². The zero-order chi connectivity index (χ0) is 12.7. The van der Waals surface area contributed by atoms with Gasteiger partial charge in [0, 0.05) is 5.69 Å². The zero-order valence-corrected chi connectivity index (χ0v) is 9.89. The predicted molar refractivity (Wildman–Crippen MR) is 70.2 cm³/mol. The Morgan fingerprint density at radius 3 is 2.72 bits per heavy atom. The van der Waals surface area contributed by atoms with Gasteiger partial charge in [-0.3, -0.25) is 4.57 Å². The minimum Gasteiger partial charge on any atom is -0.369 e. The first-order valence-electron chi connectivity index (χ1n) is 5.66. The van der Waals surface area contributed by atoms with Crippen LogP contribution in [-0.4, -0.2) is 9.55 Å². The summed E-state index contributed by atoms with van der Waals surface area (Å²) < 4.78 is 15.1. The quantitative estimate of drug-likeness (QED) is 0.711. The van der Waals surface area contributed by atoms with Crippen LogP contribution in [0.25, 0.3) is 16.7 Å². The van der Waals surface area contributed by atoms with E-state index in [2.05, 4.69) is 4.98 Å². The molecule has 0 saturated carbocycles. The number of halogens is 1. The fraction of sp³-hybridized carbons (Fsp3) is 0.0714. The summed E-state index contributed by atoms with van der Waals surface area (Å²) in [6.07, 6.45) is 0. The molecule has 0 aliphatic heterocycles. The molecule has 0 atom stereocenters. The first kappa shape index (κ1) is 10.8. The van der Waals surface area contributed by atoms with Crippen molar-refractivity contribution in [1.29, 1.82) is 0 Å². The third-order valence-corrected chi connectivity index (χ3v) is 2.99. The highest BCUT2D eigenvalue weighted by molar-refractivity contribution is 5.80. The molecule has 2 N–H and O–H groups in total. The molecule has 0 aliphatic carbocycles. The molecule has 2 aromatic carbocycles. The van der Waals surface area contributed by atoms with E-state index in [0.717, 1.165) is 16.7 Å². The topological polar surface area (TPSA) is 43.8 Å². The molecule has 0 spiro atoms. The molecule has 0 bridgehead atoms. The van der Waals surface area contributed by atoms with Crippen molar-refractivity contribution in [3.63, 3.8) is 0 Å². The molecule has 1 heterocycles. The number of nitrogens with zero attached hydrogens (tertiary/aromatic N) is 2. The highest BCUT2D eigenvalue weighted by Crippen LogP contribution is 2.23. The highest BCUT2D eigenvalue weighted by atomic mass is 19.1. The number of aryl methyl sites for hydroxylation is 1. The second-order valence-electron chi connectivity index (χ2n) is 4.23. The molecule has 90 valence electrons. The fourth-order valence-electron chi connectivity index (χ4n) is 2.08. The average Bonchev–Trinajstić information content (AvgIpc) is 2.69. The minimum atomic E-state index is -0.221. The van der Waals surface area contributed by atoms with Crippen LogP contribution < -0.4 is 5.73 Å². The lowest BCUT2D eigenvalue weighted by molar-refractivity contribution is 0.618. The van der Waals surface area contributed by atoms with Gasteiger partial charge in [-0.2, -0.15) is 0 Å². The summed E-state index contributed by atoms with van der Waals surface area (Å²) >= 11 is 0. The lowest BCUT2D eigenvalue weighted by Crippen LogP contribution is -2.01. The van der Waals surface area contributed by atoms with E-state index >= 15 is 0 Å². The lowest BCUT2D eigenvalue weighted by Gasteiger charge is -2.07. The Bertz CT molecular complexity index is 731. The van der Waals surface area contributed by atoms with Crippen molar-refractivity contribution >= 4 is 17.0 Å². The van der Waals surface area contributed by atoms with E-state index in [0.29, 0.717) is 11.5 Å². The maximum atomic E-state index is 13.3. The summed E-state index contributed by atoms with van der Waals surface area (Å²) in [5, 5.41) is 0. The van der Waals surface area contributed by atoms with Gasteiger partial charge in [-0.25, -0.2) is 9.37 Å². The Kier molecular flexibility index (Phi) is 2.30. The van der Waals surface area contributed by atoms with Gasteiger partial charge in [0.1, 0.15) is 5.82 Å². The van der Waals surface area contributed by atoms with Gasteiger partial charge in [-0.05, 0) is 42.8 Å². The third-order valence-electron chi connectivity index (χ3n) is 2.99. The number of nitrogens with two attached hydrogens (primary N) is 1. The molecule has 3 nitrogen and oxygen atoms in total. The second kappa shape index (κ2) is 3.84. The van der Waals surface area contributed by atoms with Crippen LogP contribution in [0, 0.1) is 12.7 Å². The predicted octanol–water partition coefficient (Wildman–Crippen LogP) is 3.06. The number of aromatic nitrogens is 2. The number of nitrogen functional groups attached to an aromatic ring is 1. The molecule has 4 heteroatoms. The zero-order valence-electron chi connectivity index (χ0n) is 9.89. The van der Waals surface area contributed by atoms with E-state index in [1.54, 1.807) is 19.1 Å². The largest absolute Gasteiger partial charge is 0.369 e. The molecule has 0 saturated heterocycles. The number of anilines is 1. The highest BCUT2D eigenvalue weighted by Gasteiger charge is 2.10. The van der Waals surface area contributed by atoms with Crippen molar-refractivity contribution in [2.24, 2.45) is 0 Å². The minimum absolute atomic E-state index is 0.221. The van der Waals surface area contributed by atoms with Crippen molar-refractivity contribution in [1.82, 2.24) is 9.55 Å². The van der Waals surface area contributed by atoms with Gasteiger partial charge in [-0.1, -0.05) is 12.1 Å². The van der Waals surface area contributed by atoms with E-state index in [4.69, 9.17) is 5.73 Å². The smallest absolute Gasteiger partial charge is 0.205 e. The van der Waals surface area contributed by atoms with Crippen LogP contribution in [0.15, 0.2) is 42.5 Å². The number of fused-ring (bicyclic) bond motifs is 1. The molecule has 0 aliphatic rings. The van der Waals surface area contributed by atoms with Crippen molar-refractivity contribution in [2.75, 3.05) is 5.73 Å². The van der Waals surface area contributed by atoms with Crippen molar-refractivity contribution < 1.29 is 4.39 Å². The van der Waals surface area contributed by atoms with Gasteiger partial charge in [0.05, 0.1) is 11.0 Å². The number of rotatable bonds is 1. The third kappa shape index (κ3) is 1.54. The monoisotopic (exact) mass is 241 g/mol. The number of benzene rings is 2. The van der Waals surface area contributed by atoms with Crippen LogP contribution in [0.3, 0.4) is 0 Å². The molecule has 3 aromatic rings. The van der Waals surface area contributed by atoms with Crippen molar-refractivity contribution in [3.8, 4) is 5.69 Å². The maximum absolute atomic E-state index is 13.3.